The molecule has 0 bridgehead atoms. The van der Waals surface area contributed by atoms with Gasteiger partial charge in [-0.05, 0) is 12.8 Å². The molecule has 1 aliphatic rings. The van der Waals surface area contributed by atoms with E-state index in [0.29, 0.717) is 11.7 Å². The lowest BCUT2D eigenvalue weighted by atomic mass is 10.2. The number of rotatable bonds is 3. The zero-order chi connectivity index (χ0) is 12.3. The molecule has 0 aromatic carbocycles. The Morgan fingerprint density at radius 1 is 1.47 bits per heavy atom. The summed E-state index contributed by atoms with van der Waals surface area (Å²) in [6.07, 6.45) is 4.61. The highest BCUT2D eigenvalue weighted by molar-refractivity contribution is 6.29. The van der Waals surface area contributed by atoms with E-state index in [-0.39, 0.29) is 10.8 Å². The van der Waals surface area contributed by atoms with Crippen LogP contribution in [0.1, 0.15) is 36.2 Å². The number of anilines is 1. The first kappa shape index (κ1) is 12.1. The molecule has 0 saturated heterocycles. The van der Waals surface area contributed by atoms with Crippen molar-refractivity contribution >= 4 is 23.3 Å². The van der Waals surface area contributed by atoms with Crippen LogP contribution >= 0.6 is 11.6 Å². The van der Waals surface area contributed by atoms with E-state index in [4.69, 9.17) is 11.6 Å². The zero-order valence-corrected chi connectivity index (χ0v) is 10.3. The first-order chi connectivity index (χ1) is 8.20. The van der Waals surface area contributed by atoms with Crippen LogP contribution in [-0.4, -0.2) is 29.3 Å². The molecule has 0 amide bonds. The fraction of sp³-hybridized carbons (Fsp3) is 0.545. The SMILES string of the molecule is COC(=O)c1nnc(Cl)cc1NC1CCCC1. The second-order valence-electron chi connectivity index (χ2n) is 4.05. The highest BCUT2D eigenvalue weighted by atomic mass is 35.5. The van der Waals surface area contributed by atoms with Gasteiger partial charge in [-0.1, -0.05) is 24.4 Å². The van der Waals surface area contributed by atoms with Crippen molar-refractivity contribution < 1.29 is 9.53 Å². The van der Waals surface area contributed by atoms with E-state index in [9.17, 15) is 4.79 Å². The Bertz CT molecular complexity index is 419. The molecular weight excluding hydrogens is 242 g/mol. The van der Waals surface area contributed by atoms with Crippen molar-refractivity contribution in [2.45, 2.75) is 31.7 Å². The van der Waals surface area contributed by atoms with Crippen molar-refractivity contribution in [3.63, 3.8) is 0 Å². The first-order valence-electron chi connectivity index (χ1n) is 5.59. The molecule has 92 valence electrons. The summed E-state index contributed by atoms with van der Waals surface area (Å²) in [6.45, 7) is 0. The van der Waals surface area contributed by atoms with Crippen LogP contribution in [0.15, 0.2) is 6.07 Å². The van der Waals surface area contributed by atoms with E-state index >= 15 is 0 Å². The van der Waals surface area contributed by atoms with Gasteiger partial charge in [-0.3, -0.25) is 0 Å². The third kappa shape index (κ3) is 2.85. The normalized spacial score (nSPS) is 15.9. The number of nitrogens with zero attached hydrogens (tertiary/aromatic N) is 2. The Hall–Kier alpha value is -1.36. The Morgan fingerprint density at radius 3 is 2.82 bits per heavy atom. The van der Waals surface area contributed by atoms with Gasteiger partial charge in [-0.2, -0.15) is 0 Å². The molecular formula is C11H14ClN3O2. The summed E-state index contributed by atoms with van der Waals surface area (Å²) in [4.78, 5) is 11.5. The number of hydrogen-bond donors (Lipinski definition) is 1. The lowest BCUT2D eigenvalue weighted by Gasteiger charge is -2.15. The van der Waals surface area contributed by atoms with Crippen LogP contribution in [0.25, 0.3) is 0 Å². The molecule has 1 fully saturated rings. The van der Waals surface area contributed by atoms with E-state index in [1.807, 2.05) is 0 Å². The summed E-state index contributed by atoms with van der Waals surface area (Å²) in [5.41, 5.74) is 0.785. The number of carbonyl (C=O) groups excluding carboxylic acids is 1. The van der Waals surface area contributed by atoms with E-state index < -0.39 is 5.97 Å². The summed E-state index contributed by atoms with van der Waals surface area (Å²) >= 11 is 5.78. The number of esters is 1. The van der Waals surface area contributed by atoms with Gasteiger partial charge in [0.1, 0.15) is 0 Å². The standard InChI is InChI=1S/C11H14ClN3O2/c1-17-11(16)10-8(6-9(12)14-15-10)13-7-4-2-3-5-7/h6-7H,2-5H2,1H3,(H,13,14). The van der Waals surface area contributed by atoms with Gasteiger partial charge < -0.3 is 10.1 Å². The molecule has 1 N–H and O–H groups in total. The molecule has 17 heavy (non-hydrogen) atoms. The maximum absolute atomic E-state index is 11.5. The molecule has 2 rings (SSSR count). The van der Waals surface area contributed by atoms with Gasteiger partial charge in [0.05, 0.1) is 12.8 Å². The molecule has 0 aliphatic heterocycles. The zero-order valence-electron chi connectivity index (χ0n) is 9.57. The highest BCUT2D eigenvalue weighted by Gasteiger charge is 2.20. The summed E-state index contributed by atoms with van der Waals surface area (Å²) in [7, 11) is 1.32. The maximum Gasteiger partial charge on any atom is 0.360 e. The molecule has 5 nitrogen and oxygen atoms in total. The fourth-order valence-electron chi connectivity index (χ4n) is 2.02. The fourth-order valence-corrected chi connectivity index (χ4v) is 2.16. The molecule has 0 unspecified atom stereocenters. The quantitative estimate of drug-likeness (QED) is 0.840. The Kier molecular flexibility index (Phi) is 3.78. The number of hydrogen-bond acceptors (Lipinski definition) is 5. The minimum absolute atomic E-state index is 0.184. The Morgan fingerprint density at radius 2 is 2.18 bits per heavy atom. The van der Waals surface area contributed by atoms with Crippen molar-refractivity contribution in [1.82, 2.24) is 10.2 Å². The van der Waals surface area contributed by atoms with Crippen molar-refractivity contribution in [2.75, 3.05) is 12.4 Å². The number of ether oxygens (including phenoxy) is 1. The van der Waals surface area contributed by atoms with E-state index in [1.54, 1.807) is 6.07 Å². The Balaban J connectivity index is 2.22. The molecule has 1 saturated carbocycles. The third-order valence-corrected chi connectivity index (χ3v) is 3.04. The van der Waals surface area contributed by atoms with Crippen LogP contribution in [0.2, 0.25) is 5.15 Å². The number of carbonyl (C=O) groups is 1. The average molecular weight is 256 g/mol. The maximum atomic E-state index is 11.5. The Labute approximate surface area is 105 Å². The van der Waals surface area contributed by atoms with Gasteiger partial charge in [0.15, 0.2) is 10.8 Å². The largest absolute Gasteiger partial charge is 0.464 e. The van der Waals surface area contributed by atoms with Gasteiger partial charge in [0, 0.05) is 12.1 Å². The summed E-state index contributed by atoms with van der Waals surface area (Å²) in [6, 6.07) is 1.98. The number of methoxy groups -OCH3 is 1. The molecule has 0 radical (unpaired) electrons. The van der Waals surface area contributed by atoms with Gasteiger partial charge in [-0.25, -0.2) is 4.79 Å². The summed E-state index contributed by atoms with van der Waals surface area (Å²) in [5.74, 6) is -0.505. The van der Waals surface area contributed by atoms with E-state index in [2.05, 4.69) is 20.3 Å². The molecule has 0 spiro atoms. The molecule has 6 heteroatoms. The highest BCUT2D eigenvalue weighted by Crippen LogP contribution is 2.25. The summed E-state index contributed by atoms with van der Waals surface area (Å²) in [5, 5.41) is 11.0. The van der Waals surface area contributed by atoms with E-state index in [0.717, 1.165) is 12.8 Å². The van der Waals surface area contributed by atoms with Crippen molar-refractivity contribution in [3.8, 4) is 0 Å². The van der Waals surface area contributed by atoms with Crippen molar-refractivity contribution in [2.24, 2.45) is 0 Å². The van der Waals surface area contributed by atoms with Crippen LogP contribution in [0, 0.1) is 0 Å². The number of halogens is 1. The second-order valence-corrected chi connectivity index (χ2v) is 4.43. The van der Waals surface area contributed by atoms with Gasteiger partial charge in [0.25, 0.3) is 0 Å². The molecule has 1 aromatic heterocycles. The number of nitrogens with one attached hydrogen (secondary N) is 1. The molecule has 1 aromatic rings. The van der Waals surface area contributed by atoms with Gasteiger partial charge in [0.2, 0.25) is 0 Å². The van der Waals surface area contributed by atoms with Crippen LogP contribution < -0.4 is 5.32 Å². The predicted octanol–water partition coefficient (Wildman–Crippen LogP) is 2.27. The van der Waals surface area contributed by atoms with Crippen LogP contribution in [0.3, 0.4) is 0 Å². The monoisotopic (exact) mass is 255 g/mol. The van der Waals surface area contributed by atoms with Crippen LogP contribution in [-0.2, 0) is 4.74 Å². The minimum Gasteiger partial charge on any atom is -0.464 e. The predicted molar refractivity (Wildman–Crippen MR) is 64.3 cm³/mol. The van der Waals surface area contributed by atoms with Gasteiger partial charge in [-0.15, -0.1) is 10.2 Å². The summed E-state index contributed by atoms with van der Waals surface area (Å²) < 4.78 is 4.66. The molecule has 1 heterocycles. The molecule has 1 aliphatic carbocycles. The molecule has 0 atom stereocenters. The lowest BCUT2D eigenvalue weighted by molar-refractivity contribution is 0.0594. The van der Waals surface area contributed by atoms with Gasteiger partial charge >= 0.3 is 5.97 Å². The van der Waals surface area contributed by atoms with Crippen molar-refractivity contribution in [3.05, 3.63) is 16.9 Å². The van der Waals surface area contributed by atoms with Crippen LogP contribution in [0.4, 0.5) is 5.69 Å². The third-order valence-electron chi connectivity index (χ3n) is 2.86. The minimum atomic E-state index is -0.505. The first-order valence-corrected chi connectivity index (χ1v) is 5.96. The second kappa shape index (κ2) is 5.31. The smallest absolute Gasteiger partial charge is 0.360 e. The topological polar surface area (TPSA) is 64.1 Å². The van der Waals surface area contributed by atoms with E-state index in [1.165, 1.54) is 20.0 Å². The lowest BCUT2D eigenvalue weighted by Crippen LogP contribution is -2.19. The average Bonchev–Trinajstić information content (AvgIpc) is 2.81. The van der Waals surface area contributed by atoms with Crippen LogP contribution in [0.5, 0.6) is 0 Å². The number of aromatic nitrogens is 2. The van der Waals surface area contributed by atoms with Crippen molar-refractivity contribution in [1.29, 1.82) is 0 Å².